The molecule has 112 valence electrons. The van der Waals surface area contributed by atoms with Crippen molar-refractivity contribution in [3.63, 3.8) is 0 Å². The van der Waals surface area contributed by atoms with Gasteiger partial charge in [-0.1, -0.05) is 11.6 Å². The summed E-state index contributed by atoms with van der Waals surface area (Å²) in [6, 6.07) is 2.39. The van der Waals surface area contributed by atoms with Gasteiger partial charge < -0.3 is 14.6 Å². The van der Waals surface area contributed by atoms with Crippen LogP contribution in [0, 0.1) is 0 Å². The van der Waals surface area contributed by atoms with Crippen LogP contribution in [0.15, 0.2) is 12.1 Å². The Morgan fingerprint density at radius 3 is 2.50 bits per heavy atom. The second kappa shape index (κ2) is 6.67. The van der Waals surface area contributed by atoms with Gasteiger partial charge in [0, 0.05) is 11.1 Å². The van der Waals surface area contributed by atoms with Crippen LogP contribution in [-0.4, -0.2) is 37.8 Å². The fourth-order valence-electron chi connectivity index (χ4n) is 1.33. The van der Waals surface area contributed by atoms with Gasteiger partial charge in [-0.15, -0.1) is 13.2 Å². The Kier molecular flexibility index (Phi) is 5.46. The number of benzene rings is 1. The van der Waals surface area contributed by atoms with Gasteiger partial charge in [-0.2, -0.15) is 0 Å². The van der Waals surface area contributed by atoms with Gasteiger partial charge in [0.1, 0.15) is 12.2 Å². The first kappa shape index (κ1) is 16.4. The highest BCUT2D eigenvalue weighted by molar-refractivity contribution is 6.31. The Morgan fingerprint density at radius 1 is 1.35 bits per heavy atom. The van der Waals surface area contributed by atoms with Crippen LogP contribution in [-0.2, 0) is 4.74 Å². The molecule has 1 rings (SSSR count). The molecule has 1 aromatic carbocycles. The molecular formula is C11H10ClF3O5. The van der Waals surface area contributed by atoms with Gasteiger partial charge in [0.2, 0.25) is 0 Å². The summed E-state index contributed by atoms with van der Waals surface area (Å²) >= 11 is 5.69. The zero-order chi connectivity index (χ0) is 15.3. The van der Waals surface area contributed by atoms with Crippen LogP contribution in [0.1, 0.15) is 10.4 Å². The minimum Gasteiger partial charge on any atom is -0.493 e. The lowest BCUT2D eigenvalue weighted by Gasteiger charge is -2.14. The van der Waals surface area contributed by atoms with E-state index in [2.05, 4.69) is 4.74 Å². The molecule has 0 aliphatic carbocycles. The van der Waals surface area contributed by atoms with Crippen molar-refractivity contribution in [3.8, 4) is 11.5 Å². The smallest absolute Gasteiger partial charge is 0.493 e. The highest BCUT2D eigenvalue weighted by Crippen LogP contribution is 2.34. The molecule has 0 amide bonds. The third-order valence-electron chi connectivity index (χ3n) is 2.07. The lowest BCUT2D eigenvalue weighted by molar-refractivity contribution is -0.325. The number of rotatable bonds is 6. The predicted molar refractivity (Wildman–Crippen MR) is 62.5 cm³/mol. The molecule has 0 radical (unpaired) electrons. The van der Waals surface area contributed by atoms with E-state index < -0.39 is 25.5 Å². The molecule has 0 atom stereocenters. The molecule has 0 aliphatic heterocycles. The Labute approximate surface area is 116 Å². The SMILES string of the molecule is COc1cc(Cl)cc(C(=O)O)c1OCCOC(F)(F)F. The minimum atomic E-state index is -4.77. The summed E-state index contributed by atoms with van der Waals surface area (Å²) in [4.78, 5) is 11.0. The Balaban J connectivity index is 2.84. The highest BCUT2D eigenvalue weighted by Gasteiger charge is 2.29. The fraction of sp³-hybridized carbons (Fsp3) is 0.364. The Morgan fingerprint density at radius 2 is 2.00 bits per heavy atom. The zero-order valence-electron chi connectivity index (χ0n) is 10.2. The van der Waals surface area contributed by atoms with Crippen LogP contribution in [0.5, 0.6) is 11.5 Å². The maximum absolute atomic E-state index is 11.8. The van der Waals surface area contributed by atoms with Crippen LogP contribution >= 0.6 is 11.6 Å². The molecule has 0 fully saturated rings. The fourth-order valence-corrected chi connectivity index (χ4v) is 1.54. The van der Waals surface area contributed by atoms with E-state index in [0.29, 0.717) is 0 Å². The van der Waals surface area contributed by atoms with E-state index in [4.69, 9.17) is 26.2 Å². The zero-order valence-corrected chi connectivity index (χ0v) is 10.9. The molecule has 9 heteroatoms. The van der Waals surface area contributed by atoms with E-state index in [9.17, 15) is 18.0 Å². The number of carbonyl (C=O) groups is 1. The van der Waals surface area contributed by atoms with Crippen molar-refractivity contribution < 1.29 is 37.3 Å². The first-order chi connectivity index (χ1) is 9.24. The molecule has 1 aromatic rings. The Hall–Kier alpha value is -1.67. The van der Waals surface area contributed by atoms with Gasteiger partial charge in [0.25, 0.3) is 0 Å². The number of aromatic carboxylic acids is 1. The van der Waals surface area contributed by atoms with Crippen molar-refractivity contribution >= 4 is 17.6 Å². The summed E-state index contributed by atoms with van der Waals surface area (Å²) < 4.78 is 48.7. The van der Waals surface area contributed by atoms with Crippen LogP contribution < -0.4 is 9.47 Å². The second-order valence-corrected chi connectivity index (χ2v) is 3.87. The van der Waals surface area contributed by atoms with E-state index in [1.807, 2.05) is 0 Å². The average Bonchev–Trinajstić information content (AvgIpc) is 2.33. The number of hydrogen-bond donors (Lipinski definition) is 1. The summed E-state index contributed by atoms with van der Waals surface area (Å²) in [6.07, 6.45) is -4.77. The molecule has 20 heavy (non-hydrogen) atoms. The quantitative estimate of drug-likeness (QED) is 0.818. The standard InChI is InChI=1S/C11H10ClF3O5/c1-18-8-5-6(12)4-7(10(16)17)9(8)19-2-3-20-11(13,14)15/h4-5H,2-3H2,1H3,(H,16,17). The molecule has 0 unspecified atom stereocenters. The molecule has 5 nitrogen and oxygen atoms in total. The molecule has 0 bridgehead atoms. The summed E-state index contributed by atoms with van der Waals surface area (Å²) in [7, 11) is 1.25. The lowest BCUT2D eigenvalue weighted by atomic mass is 10.2. The van der Waals surface area contributed by atoms with Gasteiger partial charge in [0.05, 0.1) is 13.7 Å². The number of methoxy groups -OCH3 is 1. The first-order valence-electron chi connectivity index (χ1n) is 5.19. The average molecular weight is 315 g/mol. The minimum absolute atomic E-state index is 0.00177. The largest absolute Gasteiger partial charge is 0.522 e. The highest BCUT2D eigenvalue weighted by atomic mass is 35.5. The molecule has 0 saturated heterocycles. The summed E-state index contributed by atoms with van der Waals surface area (Å²) in [6.45, 7) is -1.29. The molecule has 0 aliphatic rings. The lowest BCUT2D eigenvalue weighted by Crippen LogP contribution is -2.18. The van der Waals surface area contributed by atoms with Crippen LogP contribution in [0.2, 0.25) is 5.02 Å². The Bertz CT molecular complexity index is 490. The van der Waals surface area contributed by atoms with E-state index in [-0.39, 0.29) is 22.1 Å². The van der Waals surface area contributed by atoms with E-state index >= 15 is 0 Å². The summed E-state index contributed by atoms with van der Waals surface area (Å²) in [5, 5.41) is 9.09. The van der Waals surface area contributed by atoms with Crippen LogP contribution in [0.25, 0.3) is 0 Å². The first-order valence-corrected chi connectivity index (χ1v) is 5.56. The van der Waals surface area contributed by atoms with E-state index in [0.717, 1.165) is 6.07 Å². The number of carboxylic acid groups (broad SMARTS) is 1. The van der Waals surface area contributed by atoms with Crippen LogP contribution in [0.3, 0.4) is 0 Å². The molecule has 1 N–H and O–H groups in total. The second-order valence-electron chi connectivity index (χ2n) is 3.43. The van der Waals surface area contributed by atoms with E-state index in [1.54, 1.807) is 0 Å². The van der Waals surface area contributed by atoms with Gasteiger partial charge in [0.15, 0.2) is 11.5 Å². The van der Waals surface area contributed by atoms with Crippen molar-refractivity contribution in [2.75, 3.05) is 20.3 Å². The van der Waals surface area contributed by atoms with E-state index in [1.165, 1.54) is 13.2 Å². The van der Waals surface area contributed by atoms with Gasteiger partial charge >= 0.3 is 12.3 Å². The number of alkyl halides is 3. The van der Waals surface area contributed by atoms with Gasteiger partial charge in [-0.25, -0.2) is 4.79 Å². The molecule has 0 spiro atoms. The summed E-state index contributed by atoms with van der Waals surface area (Å²) in [5.74, 6) is -1.56. The number of ether oxygens (including phenoxy) is 3. The number of halogens is 4. The molecule has 0 heterocycles. The van der Waals surface area contributed by atoms with Crippen molar-refractivity contribution in [1.82, 2.24) is 0 Å². The normalized spacial score (nSPS) is 11.2. The van der Waals surface area contributed by atoms with Gasteiger partial charge in [-0.3, -0.25) is 4.74 Å². The third kappa shape index (κ3) is 4.78. The van der Waals surface area contributed by atoms with Crippen molar-refractivity contribution in [2.45, 2.75) is 6.36 Å². The van der Waals surface area contributed by atoms with Crippen molar-refractivity contribution in [3.05, 3.63) is 22.7 Å². The maximum Gasteiger partial charge on any atom is 0.522 e. The number of carboxylic acids is 1. The predicted octanol–water partition coefficient (Wildman–Crippen LogP) is 2.96. The molecule has 0 saturated carbocycles. The third-order valence-corrected chi connectivity index (χ3v) is 2.28. The van der Waals surface area contributed by atoms with Gasteiger partial charge in [-0.05, 0) is 6.07 Å². The maximum atomic E-state index is 11.8. The molecular weight excluding hydrogens is 305 g/mol. The van der Waals surface area contributed by atoms with Crippen LogP contribution in [0.4, 0.5) is 13.2 Å². The number of hydrogen-bond acceptors (Lipinski definition) is 4. The topological polar surface area (TPSA) is 65.0 Å². The van der Waals surface area contributed by atoms with Crippen molar-refractivity contribution in [2.24, 2.45) is 0 Å². The van der Waals surface area contributed by atoms with Crippen molar-refractivity contribution in [1.29, 1.82) is 0 Å². The summed E-state index contributed by atoms with van der Waals surface area (Å²) in [5.41, 5.74) is -0.318. The monoisotopic (exact) mass is 314 g/mol. The molecule has 0 aromatic heterocycles.